The average molecular weight is 418 g/mol. The molecule has 0 saturated heterocycles. The van der Waals surface area contributed by atoms with Gasteiger partial charge >= 0.3 is 5.97 Å². The largest absolute Gasteiger partial charge is 0.461 e. The molecule has 3 aromatic rings. The summed E-state index contributed by atoms with van der Waals surface area (Å²) in [6.45, 7) is 1.88. The molecule has 3 rings (SSSR count). The SMILES string of the molecule is CCOC(=O)c1[nH]c2cc(Cl)cc(Cl)c2c1/C=C(\C(N)=O)c1ccc(N)cc1. The molecule has 6 nitrogen and oxygen atoms in total. The highest BCUT2D eigenvalue weighted by Crippen LogP contribution is 2.35. The summed E-state index contributed by atoms with van der Waals surface area (Å²) < 4.78 is 5.12. The first-order valence-corrected chi connectivity index (χ1v) is 9.12. The van der Waals surface area contributed by atoms with Crippen molar-refractivity contribution in [3.8, 4) is 0 Å². The topological polar surface area (TPSA) is 111 Å². The highest BCUT2D eigenvalue weighted by molar-refractivity contribution is 6.39. The Morgan fingerprint density at radius 2 is 1.86 bits per heavy atom. The second-order valence-corrected chi connectivity index (χ2v) is 6.83. The molecule has 0 aliphatic carbocycles. The van der Waals surface area contributed by atoms with E-state index in [9.17, 15) is 9.59 Å². The molecule has 0 aliphatic rings. The van der Waals surface area contributed by atoms with Gasteiger partial charge in [-0.05, 0) is 42.8 Å². The lowest BCUT2D eigenvalue weighted by atomic mass is 10.00. The molecule has 28 heavy (non-hydrogen) atoms. The van der Waals surface area contributed by atoms with E-state index in [1.54, 1.807) is 43.3 Å². The van der Waals surface area contributed by atoms with Crippen molar-refractivity contribution >= 4 is 63.3 Å². The van der Waals surface area contributed by atoms with Gasteiger partial charge < -0.3 is 21.2 Å². The van der Waals surface area contributed by atoms with Crippen LogP contribution in [-0.4, -0.2) is 23.5 Å². The van der Waals surface area contributed by atoms with Gasteiger partial charge in [-0.2, -0.15) is 0 Å². The number of aromatic amines is 1. The first kappa shape index (κ1) is 19.8. The molecule has 1 aromatic heterocycles. The number of esters is 1. The normalized spacial score (nSPS) is 11.6. The van der Waals surface area contributed by atoms with Gasteiger partial charge in [0.25, 0.3) is 0 Å². The Bertz CT molecular complexity index is 1100. The van der Waals surface area contributed by atoms with Gasteiger partial charge in [-0.1, -0.05) is 35.3 Å². The number of hydrogen-bond donors (Lipinski definition) is 3. The van der Waals surface area contributed by atoms with E-state index in [-0.39, 0.29) is 17.9 Å². The zero-order valence-corrected chi connectivity index (χ0v) is 16.4. The Kier molecular flexibility index (Phi) is 5.63. The smallest absolute Gasteiger partial charge is 0.355 e. The lowest BCUT2D eigenvalue weighted by Gasteiger charge is -2.07. The zero-order valence-electron chi connectivity index (χ0n) is 14.9. The molecule has 0 unspecified atom stereocenters. The van der Waals surface area contributed by atoms with Crippen molar-refractivity contribution in [3.63, 3.8) is 0 Å². The van der Waals surface area contributed by atoms with Gasteiger partial charge in [-0.15, -0.1) is 0 Å². The number of amides is 1. The van der Waals surface area contributed by atoms with Gasteiger partial charge in [-0.25, -0.2) is 4.79 Å². The van der Waals surface area contributed by atoms with Crippen LogP contribution >= 0.6 is 23.2 Å². The van der Waals surface area contributed by atoms with Crippen LogP contribution in [0.4, 0.5) is 5.69 Å². The summed E-state index contributed by atoms with van der Waals surface area (Å²) in [6, 6.07) is 9.84. The maximum Gasteiger partial charge on any atom is 0.355 e. The molecule has 0 spiro atoms. The zero-order chi connectivity index (χ0) is 20.4. The Morgan fingerprint density at radius 3 is 2.46 bits per heavy atom. The summed E-state index contributed by atoms with van der Waals surface area (Å²) in [6.07, 6.45) is 1.51. The molecule has 0 saturated carbocycles. The average Bonchev–Trinajstić information content (AvgIpc) is 2.99. The molecule has 5 N–H and O–H groups in total. The number of rotatable bonds is 5. The number of nitrogen functional groups attached to an aromatic ring is 1. The van der Waals surface area contributed by atoms with Crippen LogP contribution in [0.25, 0.3) is 22.6 Å². The van der Waals surface area contributed by atoms with Crippen LogP contribution in [0.3, 0.4) is 0 Å². The molecule has 1 amide bonds. The van der Waals surface area contributed by atoms with Crippen LogP contribution in [0.15, 0.2) is 36.4 Å². The van der Waals surface area contributed by atoms with E-state index in [2.05, 4.69) is 4.98 Å². The quantitative estimate of drug-likeness (QED) is 0.327. The number of halogens is 2. The van der Waals surface area contributed by atoms with Crippen molar-refractivity contribution < 1.29 is 14.3 Å². The van der Waals surface area contributed by atoms with Crippen molar-refractivity contribution in [1.82, 2.24) is 4.98 Å². The first-order valence-electron chi connectivity index (χ1n) is 8.37. The van der Waals surface area contributed by atoms with E-state index in [1.165, 1.54) is 6.08 Å². The number of carbonyl (C=O) groups is 2. The van der Waals surface area contributed by atoms with Crippen molar-refractivity contribution in [2.45, 2.75) is 6.92 Å². The van der Waals surface area contributed by atoms with Gasteiger partial charge in [0.15, 0.2) is 0 Å². The molecule has 8 heteroatoms. The number of aromatic nitrogens is 1. The lowest BCUT2D eigenvalue weighted by Crippen LogP contribution is -2.13. The Balaban J connectivity index is 2.30. The lowest BCUT2D eigenvalue weighted by molar-refractivity contribution is -0.112. The first-order chi connectivity index (χ1) is 13.3. The summed E-state index contributed by atoms with van der Waals surface area (Å²) in [5.41, 5.74) is 13.7. The third-order valence-electron chi connectivity index (χ3n) is 4.11. The fraction of sp³-hybridized carbons (Fsp3) is 0.100. The van der Waals surface area contributed by atoms with Crippen LogP contribution in [-0.2, 0) is 9.53 Å². The number of H-pyrrole nitrogens is 1. The van der Waals surface area contributed by atoms with Crippen molar-refractivity contribution in [2.24, 2.45) is 5.73 Å². The fourth-order valence-electron chi connectivity index (χ4n) is 2.89. The maximum absolute atomic E-state index is 12.5. The number of ether oxygens (including phenoxy) is 1. The number of carbonyl (C=O) groups excluding carboxylic acids is 2. The van der Waals surface area contributed by atoms with Gasteiger partial charge in [0.2, 0.25) is 5.91 Å². The number of fused-ring (bicyclic) bond motifs is 1. The summed E-state index contributed by atoms with van der Waals surface area (Å²) in [4.78, 5) is 27.6. The van der Waals surface area contributed by atoms with Crippen LogP contribution in [0.2, 0.25) is 10.0 Å². The highest BCUT2D eigenvalue weighted by Gasteiger charge is 2.21. The molecule has 144 valence electrons. The Labute approximate surface area is 171 Å². The van der Waals surface area contributed by atoms with Crippen LogP contribution in [0, 0.1) is 0 Å². The minimum Gasteiger partial charge on any atom is -0.461 e. The Morgan fingerprint density at radius 1 is 1.18 bits per heavy atom. The van der Waals surface area contributed by atoms with E-state index < -0.39 is 11.9 Å². The predicted molar refractivity (Wildman–Crippen MR) is 112 cm³/mol. The minimum absolute atomic E-state index is 0.148. The maximum atomic E-state index is 12.5. The van der Waals surface area contributed by atoms with Crippen LogP contribution in [0.1, 0.15) is 28.5 Å². The standard InChI is InChI=1S/C20H17Cl2N3O3/c1-2-28-20(27)18-14(17-15(22)7-11(21)8-16(17)25-18)9-13(19(24)26)10-3-5-12(23)6-4-10/h3-9,25H,2,23H2,1H3,(H2,24,26)/b13-9-. The molecule has 0 aliphatic heterocycles. The molecular formula is C20H17Cl2N3O3. The highest BCUT2D eigenvalue weighted by atomic mass is 35.5. The summed E-state index contributed by atoms with van der Waals surface area (Å²) in [5, 5.41) is 1.25. The minimum atomic E-state index is -0.668. The summed E-state index contributed by atoms with van der Waals surface area (Å²) in [7, 11) is 0. The number of nitrogens with one attached hydrogen (secondary N) is 1. The molecular weight excluding hydrogens is 401 g/mol. The molecule has 1 heterocycles. The molecule has 0 bridgehead atoms. The molecule has 0 atom stereocenters. The van der Waals surface area contributed by atoms with Crippen LogP contribution in [0.5, 0.6) is 0 Å². The van der Waals surface area contributed by atoms with Gasteiger partial charge in [-0.3, -0.25) is 4.79 Å². The monoisotopic (exact) mass is 417 g/mol. The number of primary amides is 1. The van der Waals surface area contributed by atoms with Crippen molar-refractivity contribution in [2.75, 3.05) is 12.3 Å². The van der Waals surface area contributed by atoms with E-state index in [0.29, 0.717) is 37.8 Å². The van der Waals surface area contributed by atoms with E-state index in [1.807, 2.05) is 0 Å². The number of anilines is 1. The van der Waals surface area contributed by atoms with E-state index in [0.717, 1.165) is 0 Å². The second-order valence-electron chi connectivity index (χ2n) is 5.99. The van der Waals surface area contributed by atoms with Crippen molar-refractivity contribution in [3.05, 3.63) is 63.3 Å². The third kappa shape index (κ3) is 3.83. The van der Waals surface area contributed by atoms with E-state index >= 15 is 0 Å². The van der Waals surface area contributed by atoms with Gasteiger partial charge in [0.05, 0.1) is 11.6 Å². The summed E-state index contributed by atoms with van der Waals surface area (Å²) >= 11 is 12.4. The van der Waals surface area contributed by atoms with Crippen molar-refractivity contribution in [1.29, 1.82) is 0 Å². The second kappa shape index (κ2) is 7.96. The van der Waals surface area contributed by atoms with E-state index in [4.69, 9.17) is 39.4 Å². The Hall–Kier alpha value is -2.96. The third-order valence-corrected chi connectivity index (χ3v) is 4.63. The number of nitrogens with two attached hydrogens (primary N) is 2. The molecule has 0 radical (unpaired) electrons. The summed E-state index contributed by atoms with van der Waals surface area (Å²) in [5.74, 6) is -1.25. The number of hydrogen-bond acceptors (Lipinski definition) is 4. The van der Waals surface area contributed by atoms with Gasteiger partial charge in [0.1, 0.15) is 5.69 Å². The number of benzene rings is 2. The fourth-order valence-corrected chi connectivity index (χ4v) is 3.48. The molecule has 0 fully saturated rings. The molecule has 2 aromatic carbocycles. The van der Waals surface area contributed by atoms with Gasteiger partial charge in [0, 0.05) is 32.7 Å². The predicted octanol–water partition coefficient (Wildman–Crippen LogP) is 4.26. The van der Waals surface area contributed by atoms with Crippen LogP contribution < -0.4 is 11.5 Å².